The van der Waals surface area contributed by atoms with E-state index in [2.05, 4.69) is 9.44 Å². The number of carbonyl (C=O) groups is 1. The highest BCUT2D eigenvalue weighted by molar-refractivity contribution is 7.89. The highest BCUT2D eigenvalue weighted by Crippen LogP contribution is 2.48. The predicted octanol–water partition coefficient (Wildman–Crippen LogP) is 1.17. The van der Waals surface area contributed by atoms with Crippen molar-refractivity contribution in [1.29, 1.82) is 0 Å². The first-order chi connectivity index (χ1) is 18.6. The van der Waals surface area contributed by atoms with Gasteiger partial charge in [0, 0.05) is 36.3 Å². The highest BCUT2D eigenvalue weighted by atomic mass is 32.2. The summed E-state index contributed by atoms with van der Waals surface area (Å²) in [6.07, 6.45) is 0.881. The van der Waals surface area contributed by atoms with Crippen LogP contribution in [0, 0.1) is 20.2 Å². The summed E-state index contributed by atoms with van der Waals surface area (Å²) >= 11 is 0. The quantitative estimate of drug-likeness (QED) is 0.153. The number of fused-ring (bicyclic) bond motifs is 3. The van der Waals surface area contributed by atoms with E-state index in [9.17, 15) is 41.9 Å². The topological polar surface area (TPSA) is 202 Å². The van der Waals surface area contributed by atoms with Gasteiger partial charge in [-0.1, -0.05) is 0 Å². The second kappa shape index (κ2) is 12.0. The van der Waals surface area contributed by atoms with Gasteiger partial charge in [0.15, 0.2) is 5.78 Å². The van der Waals surface area contributed by atoms with Gasteiger partial charge in [0.2, 0.25) is 20.0 Å². The molecule has 2 N–H and O–H groups in total. The molecule has 0 radical (unpaired) electrons. The molecule has 15 nitrogen and oxygen atoms in total. The molecule has 0 unspecified atom stereocenters. The van der Waals surface area contributed by atoms with Crippen molar-refractivity contribution in [3.63, 3.8) is 0 Å². The summed E-state index contributed by atoms with van der Waals surface area (Å²) in [5.41, 5.74) is -3.45. The van der Waals surface area contributed by atoms with E-state index in [1.165, 1.54) is 0 Å². The molecule has 3 rings (SSSR count). The fraction of sp³-hybridized carbons (Fsp3) is 0.435. The second-order valence-corrected chi connectivity index (χ2v) is 13.2. The van der Waals surface area contributed by atoms with Crippen molar-refractivity contribution in [2.75, 3.05) is 54.4 Å². The summed E-state index contributed by atoms with van der Waals surface area (Å²) in [5, 5.41) is 24.0. The summed E-state index contributed by atoms with van der Waals surface area (Å²) in [5.74, 6) is -0.967. The standard InChI is InChI=1S/C23H30N6O9S2/c1-26(2)9-5-7-24-39(35,36)15-11-17-21(19(13-15)28(31)32)22-18(23(17)30)12-16(14-20(22)29(33)34)40(37,38)25-8-6-10-27(3)4/h11-14,24-25H,5-10H2,1-4H3. The lowest BCUT2D eigenvalue weighted by atomic mass is 10.0. The molecule has 0 heterocycles. The van der Waals surface area contributed by atoms with Crippen molar-refractivity contribution in [2.24, 2.45) is 0 Å². The Morgan fingerprint density at radius 1 is 0.700 bits per heavy atom. The third-order valence-corrected chi connectivity index (χ3v) is 8.96. The fourth-order valence-electron chi connectivity index (χ4n) is 4.20. The molecule has 0 saturated heterocycles. The first-order valence-electron chi connectivity index (χ1n) is 12.1. The fourth-order valence-corrected chi connectivity index (χ4v) is 6.44. The van der Waals surface area contributed by atoms with E-state index in [1.807, 2.05) is 9.80 Å². The van der Waals surface area contributed by atoms with Crippen molar-refractivity contribution in [3.8, 4) is 11.1 Å². The molecule has 0 aliphatic heterocycles. The average molecular weight is 599 g/mol. The number of nitrogens with one attached hydrogen (secondary N) is 2. The van der Waals surface area contributed by atoms with Crippen LogP contribution in [-0.2, 0) is 20.0 Å². The minimum absolute atomic E-state index is 0.0216. The molecule has 17 heteroatoms. The van der Waals surface area contributed by atoms with Gasteiger partial charge in [-0.2, -0.15) is 0 Å². The molecule has 2 aromatic rings. The number of nitro benzene ring substituents is 2. The van der Waals surface area contributed by atoms with Crippen LogP contribution in [0.1, 0.15) is 28.8 Å². The molecule has 2 aromatic carbocycles. The van der Waals surface area contributed by atoms with Crippen LogP contribution in [0.5, 0.6) is 0 Å². The molecule has 218 valence electrons. The Kier molecular flexibility index (Phi) is 9.38. The van der Waals surface area contributed by atoms with Crippen LogP contribution in [0.3, 0.4) is 0 Å². The van der Waals surface area contributed by atoms with Gasteiger partial charge in [0.05, 0.1) is 30.8 Å². The maximum absolute atomic E-state index is 13.4. The molecule has 1 aliphatic rings. The number of carbonyl (C=O) groups excluding carboxylic acids is 1. The normalized spacial score (nSPS) is 13.1. The van der Waals surface area contributed by atoms with Crippen LogP contribution in [0.4, 0.5) is 11.4 Å². The zero-order valence-electron chi connectivity index (χ0n) is 22.3. The minimum Gasteiger partial charge on any atom is -0.309 e. The van der Waals surface area contributed by atoms with Crippen molar-refractivity contribution in [2.45, 2.75) is 22.6 Å². The van der Waals surface area contributed by atoms with Gasteiger partial charge in [-0.05, 0) is 66.3 Å². The molecule has 0 spiro atoms. The lowest BCUT2D eigenvalue weighted by Gasteiger charge is -2.12. The summed E-state index contributed by atoms with van der Waals surface area (Å²) in [4.78, 5) is 38.0. The number of hydrogen-bond donors (Lipinski definition) is 2. The largest absolute Gasteiger partial charge is 0.309 e. The van der Waals surface area contributed by atoms with Crippen molar-refractivity contribution >= 4 is 37.2 Å². The summed E-state index contributed by atoms with van der Waals surface area (Å²) in [6.45, 7) is 1.18. The summed E-state index contributed by atoms with van der Waals surface area (Å²) in [7, 11) is -1.37. The van der Waals surface area contributed by atoms with Crippen LogP contribution >= 0.6 is 0 Å². The van der Waals surface area contributed by atoms with Gasteiger partial charge in [0.1, 0.15) is 0 Å². The monoisotopic (exact) mass is 598 g/mol. The van der Waals surface area contributed by atoms with E-state index >= 15 is 0 Å². The van der Waals surface area contributed by atoms with Gasteiger partial charge in [-0.15, -0.1) is 0 Å². The van der Waals surface area contributed by atoms with Gasteiger partial charge in [0.25, 0.3) is 11.4 Å². The molecule has 0 saturated carbocycles. The van der Waals surface area contributed by atoms with Crippen LogP contribution in [0.2, 0.25) is 0 Å². The number of nitro groups is 2. The zero-order chi connectivity index (χ0) is 30.0. The van der Waals surface area contributed by atoms with Crippen LogP contribution in [-0.4, -0.2) is 96.6 Å². The molecule has 0 atom stereocenters. The van der Waals surface area contributed by atoms with E-state index in [0.29, 0.717) is 25.9 Å². The van der Waals surface area contributed by atoms with Crippen LogP contribution < -0.4 is 9.44 Å². The van der Waals surface area contributed by atoms with Gasteiger partial charge >= 0.3 is 0 Å². The molecular formula is C23H30N6O9S2. The Balaban J connectivity index is 2.11. The lowest BCUT2D eigenvalue weighted by molar-refractivity contribution is -0.386. The predicted molar refractivity (Wildman–Crippen MR) is 145 cm³/mol. The van der Waals surface area contributed by atoms with E-state index in [4.69, 9.17) is 0 Å². The van der Waals surface area contributed by atoms with Crippen LogP contribution in [0.25, 0.3) is 11.1 Å². The van der Waals surface area contributed by atoms with E-state index in [0.717, 1.165) is 24.3 Å². The first kappa shape index (κ1) is 31.2. The van der Waals surface area contributed by atoms with E-state index < -0.39 is 79.1 Å². The Morgan fingerprint density at radius 2 is 1.05 bits per heavy atom. The molecule has 1 aliphatic carbocycles. The maximum atomic E-state index is 13.4. The summed E-state index contributed by atoms with van der Waals surface area (Å²) < 4.78 is 56.3. The Morgan fingerprint density at radius 3 is 1.35 bits per heavy atom. The third-order valence-electron chi connectivity index (χ3n) is 6.08. The Labute approximate surface area is 231 Å². The zero-order valence-corrected chi connectivity index (χ0v) is 24.0. The second-order valence-electron chi connectivity index (χ2n) is 9.68. The SMILES string of the molecule is CN(C)CCCNS(=O)(=O)c1cc2c(c([N+](=O)[O-])c1)-c1c(cc(S(=O)(=O)NCCCN(C)C)cc1[N+](=O)[O-])C2=O. The Hall–Kier alpha value is -3.35. The smallest absolute Gasteiger partial charge is 0.279 e. The van der Waals surface area contributed by atoms with Gasteiger partial charge < -0.3 is 9.80 Å². The summed E-state index contributed by atoms with van der Waals surface area (Å²) in [6, 6.07) is 3.29. The number of ketones is 1. The average Bonchev–Trinajstić information content (AvgIpc) is 3.15. The maximum Gasteiger partial charge on any atom is 0.279 e. The van der Waals surface area contributed by atoms with Crippen molar-refractivity contribution < 1.29 is 31.5 Å². The van der Waals surface area contributed by atoms with Crippen LogP contribution in [0.15, 0.2) is 34.1 Å². The number of benzene rings is 2. The van der Waals surface area contributed by atoms with Gasteiger partial charge in [-0.3, -0.25) is 25.0 Å². The number of rotatable bonds is 14. The number of hydrogen-bond acceptors (Lipinski definition) is 11. The van der Waals surface area contributed by atoms with Gasteiger partial charge in [-0.25, -0.2) is 26.3 Å². The minimum atomic E-state index is -4.29. The number of nitrogens with zero attached hydrogens (tertiary/aromatic N) is 4. The molecule has 0 fully saturated rings. The Bertz CT molecular complexity index is 1460. The lowest BCUT2D eigenvalue weighted by Crippen LogP contribution is -2.27. The molecule has 0 bridgehead atoms. The molecule has 40 heavy (non-hydrogen) atoms. The molecule has 0 amide bonds. The molecular weight excluding hydrogens is 568 g/mol. The molecule has 0 aromatic heterocycles. The van der Waals surface area contributed by atoms with Crippen molar-refractivity contribution in [1.82, 2.24) is 19.2 Å². The van der Waals surface area contributed by atoms with Crippen molar-refractivity contribution in [3.05, 3.63) is 55.6 Å². The highest BCUT2D eigenvalue weighted by Gasteiger charge is 2.41. The van der Waals surface area contributed by atoms with E-state index in [-0.39, 0.29) is 13.1 Å². The first-order valence-corrected chi connectivity index (χ1v) is 15.0. The van der Waals surface area contributed by atoms with E-state index in [1.54, 1.807) is 28.2 Å². The third kappa shape index (κ3) is 6.68. The number of sulfonamides is 2.